The third-order valence-corrected chi connectivity index (χ3v) is 7.71. The molecular weight excluding hydrogens is 521 g/mol. The second kappa shape index (κ2) is 10.3. The summed E-state index contributed by atoms with van der Waals surface area (Å²) in [6, 6.07) is 0. The Morgan fingerprint density at radius 1 is 1.24 bits per heavy atom. The molecule has 0 radical (unpaired) electrons. The summed E-state index contributed by atoms with van der Waals surface area (Å²) in [6.07, 6.45) is 8.03. The largest absolute Gasteiger partial charge is 0.356 e. The monoisotopic (exact) mass is 547 g/mol. The minimum atomic E-state index is -0.115. The molecule has 0 spiro atoms. The summed E-state index contributed by atoms with van der Waals surface area (Å²) in [4.78, 5) is 35.2. The van der Waals surface area contributed by atoms with Gasteiger partial charge in [-0.25, -0.2) is 4.98 Å². The highest BCUT2D eigenvalue weighted by Gasteiger charge is 2.58. The summed E-state index contributed by atoms with van der Waals surface area (Å²) in [7, 11) is 1.72. The van der Waals surface area contributed by atoms with Gasteiger partial charge >= 0.3 is 0 Å². The van der Waals surface area contributed by atoms with E-state index in [1.165, 1.54) is 4.90 Å². The lowest BCUT2D eigenvalue weighted by molar-refractivity contribution is -0.140. The normalized spacial score (nSPS) is 27.3. The molecule has 1 aromatic heterocycles. The number of aromatic nitrogens is 1. The number of amides is 2. The third-order valence-electron chi connectivity index (χ3n) is 5.66. The highest BCUT2D eigenvalue weighted by atomic mass is 127. The Morgan fingerprint density at radius 2 is 1.93 bits per heavy atom. The van der Waals surface area contributed by atoms with E-state index < -0.39 is 0 Å². The van der Waals surface area contributed by atoms with E-state index in [2.05, 4.69) is 32.8 Å². The molecule has 10 heteroatoms. The standard InChI is InChI=1S/C19H25N5O2S2.HI/c1-20-18(21-5-2-9-27-19-23-7-10-28-19)22-6-8-24-16(25)14-12-3-4-13(11-12)15(14)17(24)26;/h3-4,7,10,12-15H,2,5-6,8-9,11H2,1H3,(H2,20,21,22);1H. The van der Waals surface area contributed by atoms with Crippen molar-refractivity contribution in [3.8, 4) is 0 Å². The zero-order valence-corrected chi connectivity index (χ0v) is 20.2. The van der Waals surface area contributed by atoms with Crippen LogP contribution in [0, 0.1) is 23.7 Å². The number of carbonyl (C=O) groups excluding carboxylic acids is 2. The average molecular weight is 547 g/mol. The lowest BCUT2D eigenvalue weighted by Crippen LogP contribution is -2.44. The third kappa shape index (κ3) is 4.79. The summed E-state index contributed by atoms with van der Waals surface area (Å²) >= 11 is 3.41. The predicted octanol–water partition coefficient (Wildman–Crippen LogP) is 2.22. The summed E-state index contributed by atoms with van der Waals surface area (Å²) in [5, 5.41) is 8.46. The van der Waals surface area contributed by atoms with Gasteiger partial charge in [-0.05, 0) is 24.7 Å². The van der Waals surface area contributed by atoms with Crippen molar-refractivity contribution >= 4 is 64.8 Å². The molecule has 1 aliphatic heterocycles. The summed E-state index contributed by atoms with van der Waals surface area (Å²) in [5.41, 5.74) is 0. The minimum Gasteiger partial charge on any atom is -0.356 e. The number of imide groups is 1. The van der Waals surface area contributed by atoms with E-state index in [-0.39, 0.29) is 59.5 Å². The fraction of sp³-hybridized carbons (Fsp3) is 0.579. The van der Waals surface area contributed by atoms with Crippen molar-refractivity contribution in [1.82, 2.24) is 20.5 Å². The van der Waals surface area contributed by atoms with Crippen LogP contribution < -0.4 is 10.6 Å². The number of hydrogen-bond acceptors (Lipinski definition) is 6. The molecule has 1 saturated carbocycles. The van der Waals surface area contributed by atoms with Crippen molar-refractivity contribution < 1.29 is 9.59 Å². The molecule has 2 amide bonds. The maximum absolute atomic E-state index is 12.7. The zero-order valence-electron chi connectivity index (χ0n) is 16.2. The second-order valence-electron chi connectivity index (χ2n) is 7.25. The van der Waals surface area contributed by atoms with Crippen LogP contribution in [0.1, 0.15) is 12.8 Å². The molecule has 4 rings (SSSR count). The number of hydrogen-bond donors (Lipinski definition) is 2. The average Bonchev–Trinajstić information content (AvgIpc) is 3.47. The molecule has 2 heterocycles. The topological polar surface area (TPSA) is 86.7 Å². The molecule has 2 bridgehead atoms. The van der Waals surface area contributed by atoms with Gasteiger partial charge in [0.2, 0.25) is 11.8 Å². The highest BCUT2D eigenvalue weighted by molar-refractivity contribution is 14.0. The molecule has 4 atom stereocenters. The Labute approximate surface area is 196 Å². The number of likely N-dealkylation sites (tertiary alicyclic amines) is 1. The number of fused-ring (bicyclic) bond motifs is 5. The molecule has 2 fully saturated rings. The van der Waals surface area contributed by atoms with Crippen LogP contribution in [0.2, 0.25) is 0 Å². The fourth-order valence-corrected chi connectivity index (χ4v) is 6.06. The number of thioether (sulfide) groups is 1. The summed E-state index contributed by atoms with van der Waals surface area (Å²) in [5.74, 6) is 2.01. The van der Waals surface area contributed by atoms with E-state index in [1.54, 1.807) is 30.1 Å². The minimum absolute atomic E-state index is 0. The van der Waals surface area contributed by atoms with Gasteiger partial charge in [0.1, 0.15) is 4.34 Å². The quantitative estimate of drug-likeness (QED) is 0.0988. The van der Waals surface area contributed by atoms with Crippen LogP contribution in [-0.4, -0.2) is 60.1 Å². The first-order valence-corrected chi connectivity index (χ1v) is 11.6. The molecule has 7 nitrogen and oxygen atoms in total. The Bertz CT molecular complexity index is 756. The Balaban J connectivity index is 0.00000240. The van der Waals surface area contributed by atoms with Crippen LogP contribution >= 0.6 is 47.1 Å². The number of allylic oxidation sites excluding steroid dienone is 2. The molecule has 3 aliphatic rings. The number of carbonyl (C=O) groups is 2. The first kappa shape index (κ1) is 22.5. The smallest absolute Gasteiger partial charge is 0.233 e. The van der Waals surface area contributed by atoms with Crippen molar-refractivity contribution in [2.45, 2.75) is 17.2 Å². The van der Waals surface area contributed by atoms with Gasteiger partial charge in [-0.2, -0.15) is 0 Å². The number of guanidine groups is 1. The van der Waals surface area contributed by atoms with Gasteiger partial charge in [0.15, 0.2) is 5.96 Å². The van der Waals surface area contributed by atoms with Gasteiger partial charge in [-0.3, -0.25) is 19.5 Å². The molecule has 4 unspecified atom stereocenters. The van der Waals surface area contributed by atoms with Crippen LogP contribution in [0.4, 0.5) is 0 Å². The molecule has 158 valence electrons. The van der Waals surface area contributed by atoms with Crippen molar-refractivity contribution in [2.24, 2.45) is 28.7 Å². The van der Waals surface area contributed by atoms with Gasteiger partial charge in [0, 0.05) is 44.0 Å². The number of thiazole rings is 1. The van der Waals surface area contributed by atoms with Crippen LogP contribution in [0.25, 0.3) is 0 Å². The van der Waals surface area contributed by atoms with Crippen molar-refractivity contribution in [3.05, 3.63) is 23.7 Å². The van der Waals surface area contributed by atoms with Crippen molar-refractivity contribution in [1.29, 1.82) is 0 Å². The van der Waals surface area contributed by atoms with E-state index in [0.717, 1.165) is 29.5 Å². The van der Waals surface area contributed by atoms with E-state index >= 15 is 0 Å². The lowest BCUT2D eigenvalue weighted by Gasteiger charge is -2.18. The van der Waals surface area contributed by atoms with Gasteiger partial charge in [-0.1, -0.05) is 23.9 Å². The van der Waals surface area contributed by atoms with Crippen LogP contribution in [0.5, 0.6) is 0 Å². The molecule has 2 aliphatic carbocycles. The second-order valence-corrected chi connectivity index (χ2v) is 9.49. The maximum atomic E-state index is 12.7. The molecule has 2 N–H and O–H groups in total. The van der Waals surface area contributed by atoms with E-state index in [4.69, 9.17) is 0 Å². The summed E-state index contributed by atoms with van der Waals surface area (Å²) < 4.78 is 1.09. The van der Waals surface area contributed by atoms with Gasteiger partial charge in [0.05, 0.1) is 11.8 Å². The number of halogens is 1. The Morgan fingerprint density at radius 3 is 2.55 bits per heavy atom. The van der Waals surface area contributed by atoms with Crippen molar-refractivity contribution in [2.75, 3.05) is 32.4 Å². The molecule has 1 aromatic rings. The lowest BCUT2D eigenvalue weighted by atomic mass is 9.85. The van der Waals surface area contributed by atoms with Crippen LogP contribution in [0.15, 0.2) is 33.1 Å². The number of nitrogens with one attached hydrogen (secondary N) is 2. The van der Waals surface area contributed by atoms with E-state index in [0.29, 0.717) is 19.0 Å². The molecule has 1 saturated heterocycles. The molecule has 0 aromatic carbocycles. The van der Waals surface area contributed by atoms with Gasteiger partial charge < -0.3 is 10.6 Å². The zero-order chi connectivity index (χ0) is 19.5. The van der Waals surface area contributed by atoms with Gasteiger partial charge in [-0.15, -0.1) is 35.3 Å². The van der Waals surface area contributed by atoms with Crippen LogP contribution in [-0.2, 0) is 9.59 Å². The molecule has 29 heavy (non-hydrogen) atoms. The molecular formula is C19H26IN5O2S2. The predicted molar refractivity (Wildman–Crippen MR) is 127 cm³/mol. The number of aliphatic imine (C=N–C) groups is 1. The maximum Gasteiger partial charge on any atom is 0.233 e. The fourth-order valence-electron chi connectivity index (χ4n) is 4.41. The number of nitrogens with zero attached hydrogens (tertiary/aromatic N) is 3. The first-order valence-electron chi connectivity index (χ1n) is 9.69. The summed E-state index contributed by atoms with van der Waals surface area (Å²) in [6.45, 7) is 1.71. The first-order chi connectivity index (χ1) is 13.7. The Kier molecular flexibility index (Phi) is 7.97. The Hall–Kier alpha value is -1.14. The SMILES string of the molecule is CN=C(NCCCSc1nccs1)NCCN1C(=O)C2C3C=CC(C3)C2C1=O.I. The van der Waals surface area contributed by atoms with E-state index in [1.807, 2.05) is 11.6 Å². The highest BCUT2D eigenvalue weighted by Crippen LogP contribution is 2.52. The van der Waals surface area contributed by atoms with Crippen molar-refractivity contribution in [3.63, 3.8) is 0 Å². The van der Waals surface area contributed by atoms with E-state index in [9.17, 15) is 9.59 Å². The van der Waals surface area contributed by atoms with Crippen LogP contribution in [0.3, 0.4) is 0 Å². The number of rotatable bonds is 8. The van der Waals surface area contributed by atoms with Gasteiger partial charge in [0.25, 0.3) is 0 Å².